The summed E-state index contributed by atoms with van der Waals surface area (Å²) in [6.45, 7) is 6.08. The quantitative estimate of drug-likeness (QED) is 0.750. The van der Waals surface area contributed by atoms with Crippen molar-refractivity contribution in [3.8, 4) is 0 Å². The van der Waals surface area contributed by atoms with E-state index in [-0.39, 0.29) is 30.4 Å². The van der Waals surface area contributed by atoms with Crippen LogP contribution in [0.4, 0.5) is 0 Å². The molecule has 0 aromatic carbocycles. The summed E-state index contributed by atoms with van der Waals surface area (Å²) in [5.74, 6) is 0.0785. The first-order valence-electron chi connectivity index (χ1n) is 6.85. The lowest BCUT2D eigenvalue weighted by Gasteiger charge is -2.32. The van der Waals surface area contributed by atoms with Crippen molar-refractivity contribution in [1.82, 2.24) is 9.80 Å². The Bertz CT molecular complexity index is 332. The predicted octanol–water partition coefficient (Wildman–Crippen LogP) is 0.840. The molecule has 2 fully saturated rings. The van der Waals surface area contributed by atoms with Gasteiger partial charge < -0.3 is 14.5 Å². The van der Waals surface area contributed by atoms with Crippen LogP contribution in [-0.4, -0.2) is 54.1 Å². The van der Waals surface area contributed by atoms with Gasteiger partial charge in [0.1, 0.15) is 6.54 Å². The van der Waals surface area contributed by atoms with Crippen LogP contribution in [0.25, 0.3) is 0 Å². The van der Waals surface area contributed by atoms with E-state index >= 15 is 0 Å². The highest BCUT2D eigenvalue weighted by molar-refractivity contribution is 5.89. The molecule has 0 aliphatic carbocycles. The number of hydrogen-bond acceptors (Lipinski definition) is 3. The standard InChI is InChI=1S/C13H22N2O3/c1-3-11-10(6-5-7-18-11)13(17)15-8-12(16)14(4-2)9-15/h10-11H,3-9H2,1-2H3/t10-,11+/m0/s1. The first-order valence-corrected chi connectivity index (χ1v) is 6.85. The molecule has 2 aliphatic heterocycles. The highest BCUT2D eigenvalue weighted by Crippen LogP contribution is 2.26. The molecule has 0 bridgehead atoms. The molecule has 5 heteroatoms. The van der Waals surface area contributed by atoms with Crippen molar-refractivity contribution in [2.24, 2.45) is 5.92 Å². The number of rotatable bonds is 3. The molecule has 0 saturated carbocycles. The fourth-order valence-corrected chi connectivity index (χ4v) is 2.78. The molecule has 0 N–H and O–H groups in total. The summed E-state index contributed by atoms with van der Waals surface area (Å²) in [7, 11) is 0. The molecule has 0 spiro atoms. The van der Waals surface area contributed by atoms with Crippen molar-refractivity contribution in [2.75, 3.05) is 26.4 Å². The van der Waals surface area contributed by atoms with Crippen molar-refractivity contribution in [3.05, 3.63) is 0 Å². The third-order valence-corrected chi connectivity index (χ3v) is 3.87. The summed E-state index contributed by atoms with van der Waals surface area (Å²) in [6.07, 6.45) is 2.70. The molecule has 0 unspecified atom stereocenters. The van der Waals surface area contributed by atoms with Crippen LogP contribution in [0.1, 0.15) is 33.1 Å². The summed E-state index contributed by atoms with van der Waals surface area (Å²) >= 11 is 0. The van der Waals surface area contributed by atoms with Crippen molar-refractivity contribution >= 4 is 11.8 Å². The Morgan fingerprint density at radius 1 is 1.44 bits per heavy atom. The van der Waals surface area contributed by atoms with E-state index in [1.165, 1.54) is 0 Å². The number of carbonyl (C=O) groups is 2. The Balaban J connectivity index is 2.00. The van der Waals surface area contributed by atoms with Crippen LogP contribution in [0.15, 0.2) is 0 Å². The third-order valence-electron chi connectivity index (χ3n) is 3.87. The van der Waals surface area contributed by atoms with Gasteiger partial charge in [0.2, 0.25) is 11.8 Å². The largest absolute Gasteiger partial charge is 0.377 e. The molecular formula is C13H22N2O3. The smallest absolute Gasteiger partial charge is 0.243 e. The maximum Gasteiger partial charge on any atom is 0.243 e. The van der Waals surface area contributed by atoms with Gasteiger partial charge in [-0.1, -0.05) is 6.92 Å². The van der Waals surface area contributed by atoms with Crippen molar-refractivity contribution in [1.29, 1.82) is 0 Å². The van der Waals surface area contributed by atoms with Crippen molar-refractivity contribution in [2.45, 2.75) is 39.2 Å². The van der Waals surface area contributed by atoms with E-state index < -0.39 is 0 Å². The molecule has 0 radical (unpaired) electrons. The normalized spacial score (nSPS) is 28.9. The van der Waals surface area contributed by atoms with Crippen LogP contribution in [0, 0.1) is 5.92 Å². The molecular weight excluding hydrogens is 232 g/mol. The van der Waals surface area contributed by atoms with E-state index in [4.69, 9.17) is 4.74 Å². The molecule has 2 saturated heterocycles. The van der Waals surface area contributed by atoms with Gasteiger partial charge in [-0.2, -0.15) is 0 Å². The number of carbonyl (C=O) groups excluding carboxylic acids is 2. The van der Waals surface area contributed by atoms with E-state index in [1.807, 2.05) is 13.8 Å². The average Bonchev–Trinajstić information content (AvgIpc) is 2.79. The van der Waals surface area contributed by atoms with Gasteiger partial charge in [0.25, 0.3) is 0 Å². The fourth-order valence-electron chi connectivity index (χ4n) is 2.78. The molecule has 5 nitrogen and oxygen atoms in total. The topological polar surface area (TPSA) is 49.9 Å². The van der Waals surface area contributed by atoms with E-state index in [9.17, 15) is 9.59 Å². The highest BCUT2D eigenvalue weighted by Gasteiger charge is 2.37. The minimum atomic E-state index is -0.0617. The molecule has 18 heavy (non-hydrogen) atoms. The second-order valence-electron chi connectivity index (χ2n) is 4.99. The van der Waals surface area contributed by atoms with Gasteiger partial charge in [-0.3, -0.25) is 9.59 Å². The summed E-state index contributed by atoms with van der Waals surface area (Å²) < 4.78 is 5.65. The zero-order valence-corrected chi connectivity index (χ0v) is 11.2. The Morgan fingerprint density at radius 3 is 2.83 bits per heavy atom. The summed E-state index contributed by atoms with van der Waals surface area (Å²) in [5, 5.41) is 0. The van der Waals surface area contributed by atoms with Crippen LogP contribution < -0.4 is 0 Å². The van der Waals surface area contributed by atoms with Gasteiger partial charge in [0, 0.05) is 13.2 Å². The second-order valence-corrected chi connectivity index (χ2v) is 4.99. The van der Waals surface area contributed by atoms with E-state index in [0.717, 1.165) is 25.9 Å². The van der Waals surface area contributed by atoms with Gasteiger partial charge >= 0.3 is 0 Å². The van der Waals surface area contributed by atoms with Gasteiger partial charge in [-0.05, 0) is 26.2 Å². The fraction of sp³-hybridized carbons (Fsp3) is 0.846. The lowest BCUT2D eigenvalue weighted by atomic mass is 9.91. The minimum Gasteiger partial charge on any atom is -0.377 e. The zero-order valence-electron chi connectivity index (χ0n) is 11.2. The van der Waals surface area contributed by atoms with E-state index in [2.05, 4.69) is 0 Å². The summed E-state index contributed by atoms with van der Waals surface area (Å²) in [5.41, 5.74) is 0. The molecule has 0 aromatic heterocycles. The van der Waals surface area contributed by atoms with Gasteiger partial charge in [-0.25, -0.2) is 0 Å². The Labute approximate surface area is 108 Å². The molecule has 102 valence electrons. The van der Waals surface area contributed by atoms with Crippen LogP contribution in [0.5, 0.6) is 0 Å². The van der Waals surface area contributed by atoms with Crippen molar-refractivity contribution in [3.63, 3.8) is 0 Å². The summed E-state index contributed by atoms with van der Waals surface area (Å²) in [4.78, 5) is 27.5. The molecule has 2 heterocycles. The molecule has 2 rings (SSSR count). The highest BCUT2D eigenvalue weighted by atomic mass is 16.5. The second kappa shape index (κ2) is 5.69. The monoisotopic (exact) mass is 254 g/mol. The minimum absolute atomic E-state index is 0.0250. The lowest BCUT2D eigenvalue weighted by molar-refractivity contribution is -0.145. The van der Waals surface area contributed by atoms with Gasteiger partial charge in [0.15, 0.2) is 0 Å². The van der Waals surface area contributed by atoms with E-state index in [1.54, 1.807) is 9.80 Å². The van der Waals surface area contributed by atoms with Crippen molar-refractivity contribution < 1.29 is 14.3 Å². The third kappa shape index (κ3) is 2.51. The number of amides is 2. The van der Waals surface area contributed by atoms with E-state index in [0.29, 0.717) is 13.2 Å². The first kappa shape index (κ1) is 13.3. The maximum atomic E-state index is 12.4. The maximum absolute atomic E-state index is 12.4. The first-order chi connectivity index (χ1) is 8.67. The predicted molar refractivity (Wildman–Crippen MR) is 66.7 cm³/mol. The Hall–Kier alpha value is -1.10. The average molecular weight is 254 g/mol. The lowest BCUT2D eigenvalue weighted by Crippen LogP contribution is -2.43. The zero-order chi connectivity index (χ0) is 13.1. The number of likely N-dealkylation sites (N-methyl/N-ethyl adjacent to an activating group) is 1. The molecule has 2 atom stereocenters. The van der Waals surface area contributed by atoms with Crippen LogP contribution in [0.3, 0.4) is 0 Å². The van der Waals surface area contributed by atoms with Crippen LogP contribution in [0.2, 0.25) is 0 Å². The summed E-state index contributed by atoms with van der Waals surface area (Å²) in [6, 6.07) is 0. The Kier molecular flexibility index (Phi) is 4.22. The number of hydrogen-bond donors (Lipinski definition) is 0. The van der Waals surface area contributed by atoms with Crippen LogP contribution in [-0.2, 0) is 14.3 Å². The molecule has 2 amide bonds. The molecule has 2 aliphatic rings. The number of ether oxygens (including phenoxy) is 1. The SMILES string of the molecule is CC[C@H]1OCCC[C@@H]1C(=O)N1CC(=O)N(CC)C1. The Morgan fingerprint density at radius 2 is 2.22 bits per heavy atom. The number of nitrogens with zero attached hydrogens (tertiary/aromatic N) is 2. The van der Waals surface area contributed by atoms with Gasteiger partial charge in [-0.15, -0.1) is 0 Å². The van der Waals surface area contributed by atoms with Gasteiger partial charge in [0.05, 0.1) is 18.7 Å². The molecule has 0 aromatic rings. The van der Waals surface area contributed by atoms with Crippen LogP contribution >= 0.6 is 0 Å².